The van der Waals surface area contributed by atoms with E-state index in [1.54, 1.807) is 0 Å². The van der Waals surface area contributed by atoms with Gasteiger partial charge in [0.1, 0.15) is 17.2 Å². The number of nitrogens with two attached hydrogens (primary N) is 1. The fourth-order valence-corrected chi connectivity index (χ4v) is 5.78. The number of aryl methyl sites for hydroxylation is 1. The minimum absolute atomic E-state index is 0.278. The van der Waals surface area contributed by atoms with Crippen LogP contribution in [-0.4, -0.2) is 85.2 Å². The molecular formula is C28H37N9O2. The van der Waals surface area contributed by atoms with Crippen molar-refractivity contribution >= 4 is 33.9 Å². The number of benzene rings is 1. The number of amides is 1. The molecule has 0 bridgehead atoms. The summed E-state index contributed by atoms with van der Waals surface area (Å²) in [7, 11) is 0. The van der Waals surface area contributed by atoms with Gasteiger partial charge in [-0.25, -0.2) is 9.97 Å². The molecule has 0 saturated carbocycles. The van der Waals surface area contributed by atoms with Gasteiger partial charge in [-0.1, -0.05) is 19.1 Å². The van der Waals surface area contributed by atoms with Crippen molar-refractivity contribution in [1.29, 1.82) is 0 Å². The maximum atomic E-state index is 11.9. The molecule has 1 amide bonds. The second-order valence-electron chi connectivity index (χ2n) is 11.1. The van der Waals surface area contributed by atoms with E-state index in [9.17, 15) is 4.79 Å². The van der Waals surface area contributed by atoms with Gasteiger partial charge in [-0.15, -0.1) is 0 Å². The molecule has 0 atom stereocenters. The number of hydrogen-bond acceptors (Lipinski definition) is 8. The Balaban J connectivity index is 1.34. The average molecular weight is 532 g/mol. The molecule has 0 spiro atoms. The first-order chi connectivity index (χ1) is 18.8. The number of rotatable bonds is 7. The third-order valence-electron chi connectivity index (χ3n) is 8.32. The van der Waals surface area contributed by atoms with Gasteiger partial charge >= 0.3 is 0 Å². The zero-order valence-electron chi connectivity index (χ0n) is 23.0. The number of para-hydroxylation sites is 2. The number of aromatic amines is 1. The summed E-state index contributed by atoms with van der Waals surface area (Å²) in [5.74, 6) is 3.48. The molecule has 11 heteroatoms. The maximum Gasteiger partial charge on any atom is 0.239 e. The summed E-state index contributed by atoms with van der Waals surface area (Å²) in [5, 5.41) is 0. The molecule has 0 aliphatic carbocycles. The average Bonchev–Trinajstić information content (AvgIpc) is 3.53. The van der Waals surface area contributed by atoms with E-state index in [4.69, 9.17) is 30.4 Å². The molecule has 2 saturated heterocycles. The number of likely N-dealkylation sites (tertiary alicyclic amines) is 1. The smallest absolute Gasteiger partial charge is 0.239 e. The van der Waals surface area contributed by atoms with Crippen LogP contribution in [-0.2, 0) is 22.4 Å². The van der Waals surface area contributed by atoms with Crippen LogP contribution < -0.4 is 10.6 Å². The number of fused-ring (bicyclic) bond motifs is 2. The number of nitrogens with zero attached hydrogens (tertiary/aromatic N) is 7. The van der Waals surface area contributed by atoms with Crippen molar-refractivity contribution in [3.63, 3.8) is 0 Å². The van der Waals surface area contributed by atoms with E-state index < -0.39 is 5.54 Å². The molecule has 0 unspecified atom stereocenters. The Kier molecular flexibility index (Phi) is 6.72. The lowest BCUT2D eigenvalue weighted by molar-refractivity contribution is -0.129. The van der Waals surface area contributed by atoms with E-state index in [1.165, 1.54) is 0 Å². The van der Waals surface area contributed by atoms with Gasteiger partial charge < -0.3 is 20.4 Å². The molecule has 1 aromatic carbocycles. The minimum atomic E-state index is -0.627. The Hall–Kier alpha value is -3.57. The lowest BCUT2D eigenvalue weighted by Gasteiger charge is -2.40. The summed E-state index contributed by atoms with van der Waals surface area (Å²) in [6.45, 7) is 10.5. The van der Waals surface area contributed by atoms with Crippen LogP contribution in [0.2, 0.25) is 0 Å². The van der Waals surface area contributed by atoms with Crippen molar-refractivity contribution in [1.82, 2.24) is 34.4 Å². The molecule has 2 aliphatic rings. The van der Waals surface area contributed by atoms with Crippen molar-refractivity contribution in [3.05, 3.63) is 35.9 Å². The number of carbonyl (C=O) groups excluding carboxylic acids is 1. The first-order valence-electron chi connectivity index (χ1n) is 14.0. The number of aromatic nitrogens is 6. The van der Waals surface area contributed by atoms with E-state index in [1.807, 2.05) is 32.0 Å². The normalized spacial score (nSPS) is 17.9. The summed E-state index contributed by atoms with van der Waals surface area (Å²) >= 11 is 0. The van der Waals surface area contributed by atoms with Crippen LogP contribution in [0.15, 0.2) is 24.3 Å². The first kappa shape index (κ1) is 25.7. The van der Waals surface area contributed by atoms with E-state index in [2.05, 4.69) is 32.3 Å². The minimum Gasteiger partial charge on any atom is -0.378 e. The number of imidazole rings is 2. The number of morpholine rings is 1. The van der Waals surface area contributed by atoms with Crippen LogP contribution in [0.1, 0.15) is 45.3 Å². The Morgan fingerprint density at radius 1 is 1.08 bits per heavy atom. The molecule has 2 fully saturated rings. The van der Waals surface area contributed by atoms with Crippen LogP contribution in [0.25, 0.3) is 28.1 Å². The van der Waals surface area contributed by atoms with E-state index in [-0.39, 0.29) is 5.91 Å². The number of anilines is 1. The van der Waals surface area contributed by atoms with Crippen molar-refractivity contribution in [3.8, 4) is 5.95 Å². The van der Waals surface area contributed by atoms with E-state index >= 15 is 0 Å². The lowest BCUT2D eigenvalue weighted by atomic mass is 9.89. The number of ether oxygens (including phenoxy) is 1. The van der Waals surface area contributed by atoms with Crippen LogP contribution in [0, 0.1) is 5.92 Å². The number of hydrogen-bond donors (Lipinski definition) is 2. The molecule has 2 aliphatic heterocycles. The van der Waals surface area contributed by atoms with Gasteiger partial charge in [0, 0.05) is 25.9 Å². The van der Waals surface area contributed by atoms with Crippen molar-refractivity contribution < 1.29 is 9.53 Å². The highest BCUT2D eigenvalue weighted by Gasteiger charge is 2.35. The fourth-order valence-electron chi connectivity index (χ4n) is 5.78. The Bertz CT molecular complexity index is 1490. The summed E-state index contributed by atoms with van der Waals surface area (Å²) in [5.41, 5.74) is 8.48. The number of H-pyrrole nitrogens is 1. The predicted octanol–water partition coefficient (Wildman–Crippen LogP) is 2.61. The van der Waals surface area contributed by atoms with Gasteiger partial charge in [-0.3, -0.25) is 14.3 Å². The molecule has 39 heavy (non-hydrogen) atoms. The molecule has 0 radical (unpaired) electrons. The molecule has 6 rings (SSSR count). The number of nitrogens with one attached hydrogen (secondary N) is 1. The van der Waals surface area contributed by atoms with E-state index in [0.29, 0.717) is 30.7 Å². The molecule has 4 aromatic rings. The molecule has 11 nitrogen and oxygen atoms in total. The molecule has 206 valence electrons. The molecule has 3 aromatic heterocycles. The van der Waals surface area contributed by atoms with Crippen LogP contribution in [0.3, 0.4) is 0 Å². The zero-order valence-corrected chi connectivity index (χ0v) is 23.0. The zero-order chi connectivity index (χ0) is 27.1. The van der Waals surface area contributed by atoms with Crippen molar-refractivity contribution in [2.45, 2.75) is 52.0 Å². The van der Waals surface area contributed by atoms with Crippen molar-refractivity contribution in [2.75, 3.05) is 44.3 Å². The highest BCUT2D eigenvalue weighted by Crippen LogP contribution is 2.30. The highest BCUT2D eigenvalue weighted by atomic mass is 16.5. The van der Waals surface area contributed by atoms with Gasteiger partial charge in [0.25, 0.3) is 0 Å². The highest BCUT2D eigenvalue weighted by molar-refractivity contribution is 5.85. The largest absolute Gasteiger partial charge is 0.378 e. The molecule has 3 N–H and O–H groups in total. The first-order valence-corrected chi connectivity index (χ1v) is 14.0. The second kappa shape index (κ2) is 10.2. The van der Waals surface area contributed by atoms with Gasteiger partial charge in [-0.2, -0.15) is 9.97 Å². The Morgan fingerprint density at radius 3 is 2.54 bits per heavy atom. The Morgan fingerprint density at radius 2 is 1.82 bits per heavy atom. The van der Waals surface area contributed by atoms with E-state index in [0.717, 1.165) is 85.9 Å². The van der Waals surface area contributed by atoms with Crippen LogP contribution in [0.5, 0.6) is 0 Å². The van der Waals surface area contributed by atoms with Gasteiger partial charge in [-0.05, 0) is 57.8 Å². The number of piperidine rings is 1. The summed E-state index contributed by atoms with van der Waals surface area (Å²) in [4.78, 5) is 39.8. The SMILES string of the molecule is CCc1nc2ccccc2n1-c1nc(N2CCOCC2)c2[nH]c(CC3CCN(C(C)(C)C(N)=O)CC3)nc2n1. The second-order valence-corrected chi connectivity index (χ2v) is 11.1. The maximum absolute atomic E-state index is 11.9. The quantitative estimate of drug-likeness (QED) is 0.372. The number of primary amides is 1. The molecule has 5 heterocycles. The van der Waals surface area contributed by atoms with Crippen molar-refractivity contribution in [2.24, 2.45) is 11.7 Å². The summed E-state index contributed by atoms with van der Waals surface area (Å²) in [6, 6.07) is 8.10. The third-order valence-corrected chi connectivity index (χ3v) is 8.32. The predicted molar refractivity (Wildman–Crippen MR) is 150 cm³/mol. The third kappa shape index (κ3) is 4.74. The van der Waals surface area contributed by atoms with Gasteiger partial charge in [0.05, 0.1) is 29.8 Å². The van der Waals surface area contributed by atoms with Gasteiger partial charge in [0.15, 0.2) is 11.5 Å². The molecular weight excluding hydrogens is 494 g/mol. The summed E-state index contributed by atoms with van der Waals surface area (Å²) in [6.07, 6.45) is 3.57. The topological polar surface area (TPSA) is 131 Å². The van der Waals surface area contributed by atoms with Crippen LogP contribution in [0.4, 0.5) is 5.82 Å². The van der Waals surface area contributed by atoms with Gasteiger partial charge in [0.2, 0.25) is 11.9 Å². The van der Waals surface area contributed by atoms with Crippen LogP contribution >= 0.6 is 0 Å². The standard InChI is InChI=1S/C28H37N9O2/c1-4-22-30-19-7-5-6-8-20(19)37(22)27-33-24-23(25(34-27)35-13-15-39-16-14-35)31-21(32-24)17-18-9-11-36(12-10-18)28(2,3)26(29)38/h5-8,18H,4,9-17H2,1-3H3,(H2,29,38)(H,31,32,33,34). The lowest BCUT2D eigenvalue weighted by Crippen LogP contribution is -2.55. The monoisotopic (exact) mass is 531 g/mol. The Labute approximate surface area is 227 Å². The summed E-state index contributed by atoms with van der Waals surface area (Å²) < 4.78 is 7.68. The number of carbonyl (C=O) groups is 1. The fraction of sp³-hybridized carbons (Fsp3) is 0.536.